The lowest BCUT2D eigenvalue weighted by Gasteiger charge is -2.16. The molecule has 2 heterocycles. The standard InChI is InChI=1S/C8H10IN3/c9-7-5-10-6-11-8(7)12-3-1-2-4-12/h5-6H,1-4H2. The molecule has 1 aliphatic rings. The molecule has 0 bridgehead atoms. The van der Waals surface area contributed by atoms with Gasteiger partial charge in [0.1, 0.15) is 12.1 Å². The molecule has 0 atom stereocenters. The highest BCUT2D eigenvalue weighted by Gasteiger charge is 2.15. The van der Waals surface area contributed by atoms with E-state index in [2.05, 4.69) is 37.5 Å². The average Bonchev–Trinajstić information content (AvgIpc) is 2.57. The van der Waals surface area contributed by atoms with E-state index in [4.69, 9.17) is 0 Å². The van der Waals surface area contributed by atoms with Crippen LogP contribution in [0.5, 0.6) is 0 Å². The average molecular weight is 275 g/mol. The molecule has 1 fully saturated rings. The highest BCUT2D eigenvalue weighted by atomic mass is 127. The summed E-state index contributed by atoms with van der Waals surface area (Å²) in [5.41, 5.74) is 0. The first-order valence-corrected chi connectivity index (χ1v) is 5.16. The van der Waals surface area contributed by atoms with Crippen LogP contribution in [0.2, 0.25) is 0 Å². The molecule has 4 heteroatoms. The first kappa shape index (κ1) is 8.22. The monoisotopic (exact) mass is 275 g/mol. The Labute approximate surface area is 85.3 Å². The second kappa shape index (κ2) is 3.55. The van der Waals surface area contributed by atoms with Gasteiger partial charge in [-0.15, -0.1) is 0 Å². The Morgan fingerprint density at radius 1 is 1.33 bits per heavy atom. The van der Waals surface area contributed by atoms with Crippen molar-refractivity contribution >= 4 is 28.4 Å². The van der Waals surface area contributed by atoms with Crippen LogP contribution in [0.25, 0.3) is 0 Å². The molecule has 0 saturated carbocycles. The maximum absolute atomic E-state index is 4.27. The predicted molar refractivity (Wildman–Crippen MR) is 56.2 cm³/mol. The number of nitrogens with zero attached hydrogens (tertiary/aromatic N) is 3. The van der Waals surface area contributed by atoms with E-state index in [1.165, 1.54) is 12.8 Å². The molecule has 1 aromatic heterocycles. The quantitative estimate of drug-likeness (QED) is 0.730. The predicted octanol–water partition coefficient (Wildman–Crippen LogP) is 1.68. The molecule has 0 unspecified atom stereocenters. The second-order valence-electron chi connectivity index (χ2n) is 2.89. The minimum Gasteiger partial charge on any atom is -0.356 e. The zero-order valence-corrected chi connectivity index (χ0v) is 8.86. The van der Waals surface area contributed by atoms with Gasteiger partial charge in [-0.05, 0) is 35.4 Å². The molecular weight excluding hydrogens is 265 g/mol. The van der Waals surface area contributed by atoms with Crippen LogP contribution in [-0.2, 0) is 0 Å². The summed E-state index contributed by atoms with van der Waals surface area (Å²) < 4.78 is 1.15. The lowest BCUT2D eigenvalue weighted by Crippen LogP contribution is -2.20. The maximum Gasteiger partial charge on any atom is 0.145 e. The second-order valence-corrected chi connectivity index (χ2v) is 4.05. The number of aromatic nitrogens is 2. The molecular formula is C8H10IN3. The van der Waals surface area contributed by atoms with Crippen LogP contribution in [0.4, 0.5) is 5.82 Å². The van der Waals surface area contributed by atoms with E-state index in [1.54, 1.807) is 6.33 Å². The largest absolute Gasteiger partial charge is 0.356 e. The summed E-state index contributed by atoms with van der Waals surface area (Å²) in [5, 5.41) is 0. The van der Waals surface area contributed by atoms with Crippen molar-refractivity contribution in [3.05, 3.63) is 16.1 Å². The summed E-state index contributed by atoms with van der Waals surface area (Å²) >= 11 is 2.28. The molecule has 0 radical (unpaired) electrons. The van der Waals surface area contributed by atoms with E-state index in [0.29, 0.717) is 0 Å². The molecule has 3 nitrogen and oxygen atoms in total. The zero-order chi connectivity index (χ0) is 8.39. The number of hydrogen-bond donors (Lipinski definition) is 0. The molecule has 2 rings (SSSR count). The Morgan fingerprint density at radius 3 is 2.75 bits per heavy atom. The van der Waals surface area contributed by atoms with Gasteiger partial charge in [0.05, 0.1) is 3.57 Å². The van der Waals surface area contributed by atoms with Gasteiger partial charge in [0.15, 0.2) is 0 Å². The van der Waals surface area contributed by atoms with Crippen molar-refractivity contribution < 1.29 is 0 Å². The fraction of sp³-hybridized carbons (Fsp3) is 0.500. The Morgan fingerprint density at radius 2 is 2.08 bits per heavy atom. The van der Waals surface area contributed by atoms with Gasteiger partial charge in [-0.1, -0.05) is 0 Å². The highest BCUT2D eigenvalue weighted by molar-refractivity contribution is 14.1. The van der Waals surface area contributed by atoms with Crippen LogP contribution in [0.3, 0.4) is 0 Å². The van der Waals surface area contributed by atoms with Gasteiger partial charge in [0.2, 0.25) is 0 Å². The summed E-state index contributed by atoms with van der Waals surface area (Å²) in [4.78, 5) is 10.6. The van der Waals surface area contributed by atoms with Crippen LogP contribution in [0.15, 0.2) is 12.5 Å². The summed E-state index contributed by atoms with van der Waals surface area (Å²) in [6.07, 6.45) is 6.07. The van der Waals surface area contributed by atoms with E-state index in [9.17, 15) is 0 Å². The molecule has 0 spiro atoms. The van der Waals surface area contributed by atoms with Gasteiger partial charge in [-0.2, -0.15) is 0 Å². The van der Waals surface area contributed by atoms with Crippen molar-refractivity contribution in [2.75, 3.05) is 18.0 Å². The number of hydrogen-bond acceptors (Lipinski definition) is 3. The van der Waals surface area contributed by atoms with Crippen molar-refractivity contribution in [3.63, 3.8) is 0 Å². The fourth-order valence-electron chi connectivity index (χ4n) is 1.47. The SMILES string of the molecule is Ic1cncnc1N1CCCC1. The van der Waals surface area contributed by atoms with Crippen molar-refractivity contribution in [2.45, 2.75) is 12.8 Å². The van der Waals surface area contributed by atoms with Crippen LogP contribution >= 0.6 is 22.6 Å². The van der Waals surface area contributed by atoms with Gasteiger partial charge < -0.3 is 4.90 Å². The third-order valence-electron chi connectivity index (χ3n) is 2.05. The lowest BCUT2D eigenvalue weighted by molar-refractivity contribution is 0.920. The highest BCUT2D eigenvalue weighted by Crippen LogP contribution is 2.21. The van der Waals surface area contributed by atoms with E-state index < -0.39 is 0 Å². The Bertz CT molecular complexity index is 271. The molecule has 0 N–H and O–H groups in total. The molecule has 0 aliphatic carbocycles. The maximum atomic E-state index is 4.27. The lowest BCUT2D eigenvalue weighted by atomic mass is 10.4. The summed E-state index contributed by atoms with van der Waals surface area (Å²) in [7, 11) is 0. The van der Waals surface area contributed by atoms with E-state index in [-0.39, 0.29) is 0 Å². The zero-order valence-electron chi connectivity index (χ0n) is 6.70. The number of anilines is 1. The molecule has 1 aromatic rings. The molecule has 0 aromatic carbocycles. The molecule has 1 saturated heterocycles. The molecule has 1 aliphatic heterocycles. The summed E-state index contributed by atoms with van der Waals surface area (Å²) in [5.74, 6) is 1.10. The number of rotatable bonds is 1. The molecule has 12 heavy (non-hydrogen) atoms. The Kier molecular flexibility index (Phi) is 2.43. The van der Waals surface area contributed by atoms with Crippen LogP contribution in [-0.4, -0.2) is 23.1 Å². The van der Waals surface area contributed by atoms with Gasteiger partial charge in [0.25, 0.3) is 0 Å². The smallest absolute Gasteiger partial charge is 0.145 e. The van der Waals surface area contributed by atoms with Gasteiger partial charge in [-0.3, -0.25) is 0 Å². The third kappa shape index (κ3) is 1.53. The molecule has 64 valence electrons. The van der Waals surface area contributed by atoms with Crippen molar-refractivity contribution in [3.8, 4) is 0 Å². The van der Waals surface area contributed by atoms with Crippen LogP contribution in [0, 0.1) is 3.57 Å². The minimum absolute atomic E-state index is 1.10. The van der Waals surface area contributed by atoms with Crippen molar-refractivity contribution in [2.24, 2.45) is 0 Å². The van der Waals surface area contributed by atoms with Gasteiger partial charge in [0, 0.05) is 19.3 Å². The first-order chi connectivity index (χ1) is 5.88. The third-order valence-corrected chi connectivity index (χ3v) is 2.81. The number of halogens is 1. The fourth-order valence-corrected chi connectivity index (χ4v) is 2.11. The Balaban J connectivity index is 2.26. The summed E-state index contributed by atoms with van der Waals surface area (Å²) in [6, 6.07) is 0. The Hall–Kier alpha value is -0.390. The first-order valence-electron chi connectivity index (χ1n) is 4.08. The topological polar surface area (TPSA) is 29.0 Å². The molecule has 0 amide bonds. The van der Waals surface area contributed by atoms with Gasteiger partial charge in [-0.25, -0.2) is 9.97 Å². The normalized spacial score (nSPS) is 16.9. The van der Waals surface area contributed by atoms with E-state index in [1.807, 2.05) is 6.20 Å². The van der Waals surface area contributed by atoms with E-state index >= 15 is 0 Å². The van der Waals surface area contributed by atoms with Crippen molar-refractivity contribution in [1.82, 2.24) is 9.97 Å². The summed E-state index contributed by atoms with van der Waals surface area (Å²) in [6.45, 7) is 2.29. The van der Waals surface area contributed by atoms with Crippen LogP contribution in [0.1, 0.15) is 12.8 Å². The minimum atomic E-state index is 1.10. The van der Waals surface area contributed by atoms with Crippen molar-refractivity contribution in [1.29, 1.82) is 0 Å². The van der Waals surface area contributed by atoms with Crippen LogP contribution < -0.4 is 4.90 Å². The van der Waals surface area contributed by atoms with E-state index in [0.717, 1.165) is 22.5 Å². The van der Waals surface area contributed by atoms with Gasteiger partial charge >= 0.3 is 0 Å².